The Balaban J connectivity index is 2.21. The molecule has 0 aliphatic heterocycles. The lowest BCUT2D eigenvalue weighted by molar-refractivity contribution is 0.642. The fourth-order valence-corrected chi connectivity index (χ4v) is 2.58. The first kappa shape index (κ1) is 9.61. The van der Waals surface area contributed by atoms with E-state index in [1.807, 2.05) is 0 Å². The van der Waals surface area contributed by atoms with E-state index < -0.39 is 0 Å². The molecule has 3 rings (SSSR count). The van der Waals surface area contributed by atoms with Gasteiger partial charge in [0.1, 0.15) is 0 Å². The second kappa shape index (κ2) is 3.76. The van der Waals surface area contributed by atoms with Gasteiger partial charge in [-0.1, -0.05) is 55.5 Å². The van der Waals surface area contributed by atoms with Crippen molar-refractivity contribution in [3.63, 3.8) is 0 Å². The molecule has 0 bridgehead atoms. The first-order valence-electron chi connectivity index (χ1n) is 5.83. The largest absolute Gasteiger partial charge is 0.306 e. The Morgan fingerprint density at radius 3 is 1.88 bits per heavy atom. The molecule has 0 saturated heterocycles. The van der Waals surface area contributed by atoms with Gasteiger partial charge in [0.25, 0.3) is 0 Å². The Bertz CT molecular complexity index is 471. The molecule has 0 atom stereocenters. The van der Waals surface area contributed by atoms with Crippen LogP contribution in [0.3, 0.4) is 0 Å². The third kappa shape index (κ3) is 1.29. The van der Waals surface area contributed by atoms with E-state index >= 15 is 0 Å². The van der Waals surface area contributed by atoms with Gasteiger partial charge in [0, 0.05) is 0 Å². The van der Waals surface area contributed by atoms with E-state index in [0.29, 0.717) is 6.04 Å². The molecule has 1 heteroatoms. The summed E-state index contributed by atoms with van der Waals surface area (Å²) in [4.78, 5) is 0. The predicted molar refractivity (Wildman–Crippen MR) is 67.4 cm³/mol. The Kier molecular flexibility index (Phi) is 2.26. The average Bonchev–Trinajstić information content (AvgIpc) is 2.66. The van der Waals surface area contributed by atoms with Crippen LogP contribution in [0.5, 0.6) is 0 Å². The van der Waals surface area contributed by atoms with Crippen LogP contribution in [0, 0.1) is 0 Å². The van der Waals surface area contributed by atoms with Gasteiger partial charge in [0.2, 0.25) is 0 Å². The number of benzene rings is 2. The Hall–Kier alpha value is -1.60. The quantitative estimate of drug-likeness (QED) is 0.799. The molecular weight excluding hydrogens is 194 g/mol. The molecule has 0 fully saturated rings. The minimum absolute atomic E-state index is 0.373. The van der Waals surface area contributed by atoms with Gasteiger partial charge in [-0.2, -0.15) is 0 Å². The fourth-order valence-electron chi connectivity index (χ4n) is 2.58. The van der Waals surface area contributed by atoms with E-state index in [1.165, 1.54) is 22.3 Å². The maximum absolute atomic E-state index is 3.56. The molecular formula is C15H15N. The van der Waals surface area contributed by atoms with E-state index in [4.69, 9.17) is 0 Å². The third-order valence-corrected chi connectivity index (χ3v) is 3.24. The summed E-state index contributed by atoms with van der Waals surface area (Å²) < 4.78 is 0. The first-order chi connectivity index (χ1) is 7.92. The van der Waals surface area contributed by atoms with Crippen LogP contribution in [0.4, 0.5) is 0 Å². The second-order valence-corrected chi connectivity index (χ2v) is 4.17. The van der Waals surface area contributed by atoms with Gasteiger partial charge in [-0.15, -0.1) is 0 Å². The van der Waals surface area contributed by atoms with Crippen molar-refractivity contribution >= 4 is 0 Å². The molecule has 2 aromatic carbocycles. The minimum Gasteiger partial charge on any atom is -0.306 e. The number of rotatable bonds is 2. The van der Waals surface area contributed by atoms with Gasteiger partial charge < -0.3 is 5.32 Å². The second-order valence-electron chi connectivity index (χ2n) is 4.17. The van der Waals surface area contributed by atoms with Crippen molar-refractivity contribution in [1.29, 1.82) is 0 Å². The summed E-state index contributed by atoms with van der Waals surface area (Å²) in [6.45, 7) is 3.15. The van der Waals surface area contributed by atoms with Gasteiger partial charge in [0.15, 0.2) is 0 Å². The zero-order valence-corrected chi connectivity index (χ0v) is 9.40. The molecule has 1 nitrogen and oxygen atoms in total. The van der Waals surface area contributed by atoms with Gasteiger partial charge in [-0.3, -0.25) is 0 Å². The van der Waals surface area contributed by atoms with Crippen LogP contribution in [-0.2, 0) is 0 Å². The van der Waals surface area contributed by atoms with Crippen LogP contribution in [-0.4, -0.2) is 6.54 Å². The highest BCUT2D eigenvalue weighted by Gasteiger charge is 2.26. The van der Waals surface area contributed by atoms with Crippen LogP contribution in [0.1, 0.15) is 24.1 Å². The van der Waals surface area contributed by atoms with E-state index in [9.17, 15) is 0 Å². The monoisotopic (exact) mass is 209 g/mol. The lowest BCUT2D eigenvalue weighted by atomic mass is 10.1. The summed E-state index contributed by atoms with van der Waals surface area (Å²) in [5.74, 6) is 0. The molecule has 0 saturated carbocycles. The SMILES string of the molecule is CCNC1c2ccccc2-c2ccccc21. The molecule has 0 spiro atoms. The lowest BCUT2D eigenvalue weighted by Gasteiger charge is -2.13. The highest BCUT2D eigenvalue weighted by atomic mass is 14.9. The van der Waals surface area contributed by atoms with Crippen molar-refractivity contribution < 1.29 is 0 Å². The maximum Gasteiger partial charge on any atom is 0.0588 e. The molecule has 0 heterocycles. The summed E-state index contributed by atoms with van der Waals surface area (Å²) >= 11 is 0. The van der Waals surface area contributed by atoms with Crippen LogP contribution in [0.15, 0.2) is 48.5 Å². The van der Waals surface area contributed by atoms with Crippen LogP contribution < -0.4 is 5.32 Å². The molecule has 0 unspecified atom stereocenters. The molecule has 1 aliphatic carbocycles. The number of hydrogen-bond acceptors (Lipinski definition) is 1. The lowest BCUT2D eigenvalue weighted by Crippen LogP contribution is -2.19. The zero-order chi connectivity index (χ0) is 11.0. The summed E-state index contributed by atoms with van der Waals surface area (Å²) in [6.07, 6.45) is 0. The summed E-state index contributed by atoms with van der Waals surface area (Å²) in [5, 5.41) is 3.56. The standard InChI is InChI=1S/C15H15N/c1-2-16-15-13-9-5-3-7-11(13)12-8-4-6-10-14(12)15/h3-10,15-16H,2H2,1H3. The van der Waals surface area contributed by atoms with Gasteiger partial charge in [-0.05, 0) is 28.8 Å². The molecule has 0 aromatic heterocycles. The Labute approximate surface area is 96.1 Å². The first-order valence-corrected chi connectivity index (χ1v) is 5.83. The maximum atomic E-state index is 3.56. The van der Waals surface area contributed by atoms with Crippen LogP contribution in [0.2, 0.25) is 0 Å². The summed E-state index contributed by atoms with van der Waals surface area (Å²) in [5.41, 5.74) is 5.57. The van der Waals surface area contributed by atoms with Crippen molar-refractivity contribution in [2.45, 2.75) is 13.0 Å². The van der Waals surface area contributed by atoms with Gasteiger partial charge in [-0.25, -0.2) is 0 Å². The fraction of sp³-hybridized carbons (Fsp3) is 0.200. The molecule has 16 heavy (non-hydrogen) atoms. The van der Waals surface area contributed by atoms with Crippen LogP contribution >= 0.6 is 0 Å². The van der Waals surface area contributed by atoms with Crippen LogP contribution in [0.25, 0.3) is 11.1 Å². The topological polar surface area (TPSA) is 12.0 Å². The molecule has 1 N–H and O–H groups in total. The van der Waals surface area contributed by atoms with Crippen molar-refractivity contribution in [1.82, 2.24) is 5.32 Å². The van der Waals surface area contributed by atoms with Crippen molar-refractivity contribution in [2.75, 3.05) is 6.54 Å². The van der Waals surface area contributed by atoms with Crippen molar-refractivity contribution in [2.24, 2.45) is 0 Å². The molecule has 0 radical (unpaired) electrons. The molecule has 1 aliphatic rings. The predicted octanol–water partition coefficient (Wildman–Crippen LogP) is 3.37. The Morgan fingerprint density at radius 2 is 1.38 bits per heavy atom. The summed E-state index contributed by atoms with van der Waals surface area (Å²) in [7, 11) is 0. The summed E-state index contributed by atoms with van der Waals surface area (Å²) in [6, 6.07) is 17.7. The molecule has 80 valence electrons. The van der Waals surface area contributed by atoms with E-state index in [2.05, 4.69) is 60.8 Å². The van der Waals surface area contributed by atoms with Gasteiger partial charge >= 0.3 is 0 Å². The molecule has 2 aromatic rings. The average molecular weight is 209 g/mol. The van der Waals surface area contributed by atoms with Crippen molar-refractivity contribution in [3.05, 3.63) is 59.7 Å². The van der Waals surface area contributed by atoms with E-state index in [1.54, 1.807) is 0 Å². The van der Waals surface area contributed by atoms with E-state index in [0.717, 1.165) is 6.54 Å². The minimum atomic E-state index is 0.373. The third-order valence-electron chi connectivity index (χ3n) is 3.24. The number of fused-ring (bicyclic) bond motifs is 3. The van der Waals surface area contributed by atoms with Gasteiger partial charge in [0.05, 0.1) is 6.04 Å². The Morgan fingerprint density at radius 1 is 0.875 bits per heavy atom. The number of nitrogens with one attached hydrogen (secondary N) is 1. The number of hydrogen-bond donors (Lipinski definition) is 1. The van der Waals surface area contributed by atoms with E-state index in [-0.39, 0.29) is 0 Å². The highest BCUT2D eigenvalue weighted by Crippen LogP contribution is 2.42. The normalized spacial score (nSPS) is 13.6. The highest BCUT2D eigenvalue weighted by molar-refractivity contribution is 5.78. The van der Waals surface area contributed by atoms with Crippen molar-refractivity contribution in [3.8, 4) is 11.1 Å². The smallest absolute Gasteiger partial charge is 0.0588 e. The molecule has 0 amide bonds. The zero-order valence-electron chi connectivity index (χ0n) is 9.40.